The highest BCUT2D eigenvalue weighted by Crippen LogP contribution is 2.24. The molecule has 1 atom stereocenters. The summed E-state index contributed by atoms with van der Waals surface area (Å²) in [7, 11) is 0. The first-order chi connectivity index (χ1) is 9.49. The molecule has 0 aliphatic rings. The fraction of sp³-hybridized carbons (Fsp3) is 0.200. The summed E-state index contributed by atoms with van der Waals surface area (Å²) in [6, 6.07) is 8.64. The van der Waals surface area contributed by atoms with Gasteiger partial charge in [0, 0.05) is 16.6 Å². The van der Waals surface area contributed by atoms with Crippen LogP contribution in [0.15, 0.2) is 36.4 Å². The second-order valence-corrected chi connectivity index (χ2v) is 5.37. The van der Waals surface area contributed by atoms with Gasteiger partial charge in [-0.05, 0) is 36.6 Å². The Morgan fingerprint density at radius 2 is 1.60 bits per heavy atom. The molecule has 0 aliphatic heterocycles. The summed E-state index contributed by atoms with van der Waals surface area (Å²) in [5.74, 6) is -0.876. The van der Waals surface area contributed by atoms with E-state index >= 15 is 0 Å². The molecule has 0 radical (unpaired) electrons. The summed E-state index contributed by atoms with van der Waals surface area (Å²) in [5.41, 5.74) is 6.96. The van der Waals surface area contributed by atoms with Crippen molar-refractivity contribution >= 4 is 23.2 Å². The largest absolute Gasteiger partial charge is 0.327 e. The molecular weight excluding hydrogens is 303 g/mol. The van der Waals surface area contributed by atoms with Crippen molar-refractivity contribution in [2.45, 2.75) is 18.9 Å². The Morgan fingerprint density at radius 3 is 2.30 bits per heavy atom. The zero-order valence-electron chi connectivity index (χ0n) is 10.5. The maximum absolute atomic E-state index is 13.7. The average Bonchev–Trinajstić information content (AvgIpc) is 2.39. The SMILES string of the molecule is NC(Cc1cccc(F)c1Cl)Cc1c(F)cccc1Cl. The lowest BCUT2D eigenvalue weighted by atomic mass is 9.99. The molecule has 0 aromatic heterocycles. The van der Waals surface area contributed by atoms with Gasteiger partial charge in [-0.15, -0.1) is 0 Å². The van der Waals surface area contributed by atoms with Crippen LogP contribution in [0.25, 0.3) is 0 Å². The van der Waals surface area contributed by atoms with Gasteiger partial charge in [0.25, 0.3) is 0 Å². The summed E-state index contributed by atoms with van der Waals surface area (Å²) in [4.78, 5) is 0. The van der Waals surface area contributed by atoms with Crippen LogP contribution in [0.5, 0.6) is 0 Å². The first-order valence-corrected chi connectivity index (χ1v) is 6.86. The Morgan fingerprint density at radius 1 is 0.950 bits per heavy atom. The summed E-state index contributed by atoms with van der Waals surface area (Å²) >= 11 is 11.8. The van der Waals surface area contributed by atoms with E-state index in [0.29, 0.717) is 22.6 Å². The van der Waals surface area contributed by atoms with Gasteiger partial charge in [0.2, 0.25) is 0 Å². The van der Waals surface area contributed by atoms with Crippen LogP contribution in [0, 0.1) is 11.6 Å². The lowest BCUT2D eigenvalue weighted by Gasteiger charge is -2.14. The van der Waals surface area contributed by atoms with E-state index in [9.17, 15) is 8.78 Å². The van der Waals surface area contributed by atoms with Gasteiger partial charge in [-0.25, -0.2) is 8.78 Å². The fourth-order valence-electron chi connectivity index (χ4n) is 2.05. The molecule has 2 rings (SSSR count). The van der Waals surface area contributed by atoms with Crippen LogP contribution in [0.3, 0.4) is 0 Å². The van der Waals surface area contributed by atoms with E-state index in [2.05, 4.69) is 0 Å². The topological polar surface area (TPSA) is 26.0 Å². The zero-order chi connectivity index (χ0) is 14.7. The van der Waals surface area contributed by atoms with Crippen LogP contribution < -0.4 is 5.73 Å². The fourth-order valence-corrected chi connectivity index (χ4v) is 2.49. The van der Waals surface area contributed by atoms with E-state index in [1.807, 2.05) is 0 Å². The molecule has 0 saturated carbocycles. The summed E-state index contributed by atoms with van der Waals surface area (Å²) in [5, 5.41) is 0.397. The molecule has 0 aliphatic carbocycles. The van der Waals surface area contributed by atoms with Crippen molar-refractivity contribution in [3.8, 4) is 0 Å². The molecule has 1 nitrogen and oxygen atoms in total. The van der Waals surface area contributed by atoms with Crippen molar-refractivity contribution in [3.05, 3.63) is 69.2 Å². The van der Waals surface area contributed by atoms with Crippen LogP contribution in [0.2, 0.25) is 10.0 Å². The van der Waals surface area contributed by atoms with Gasteiger partial charge >= 0.3 is 0 Å². The normalized spacial score (nSPS) is 12.4. The molecule has 5 heteroatoms. The molecule has 0 saturated heterocycles. The molecule has 2 aromatic rings. The van der Waals surface area contributed by atoms with Crippen molar-refractivity contribution in [2.24, 2.45) is 5.73 Å². The summed E-state index contributed by atoms with van der Waals surface area (Å²) in [6.07, 6.45) is 0.611. The smallest absolute Gasteiger partial charge is 0.142 e. The number of rotatable bonds is 4. The molecule has 2 N–H and O–H groups in total. The third-order valence-corrected chi connectivity index (χ3v) is 3.82. The third-order valence-electron chi connectivity index (χ3n) is 3.04. The number of benzene rings is 2. The lowest BCUT2D eigenvalue weighted by molar-refractivity contribution is 0.582. The number of hydrogen-bond donors (Lipinski definition) is 1. The quantitative estimate of drug-likeness (QED) is 0.890. The third kappa shape index (κ3) is 3.48. The average molecular weight is 316 g/mol. The molecule has 2 aromatic carbocycles. The lowest BCUT2D eigenvalue weighted by Crippen LogP contribution is -2.26. The van der Waals surface area contributed by atoms with E-state index in [0.717, 1.165) is 0 Å². The molecule has 0 spiro atoms. The van der Waals surface area contributed by atoms with Crippen LogP contribution in [0.4, 0.5) is 8.78 Å². The molecule has 20 heavy (non-hydrogen) atoms. The number of hydrogen-bond acceptors (Lipinski definition) is 1. The molecule has 0 heterocycles. The minimum atomic E-state index is -0.486. The van der Waals surface area contributed by atoms with Crippen LogP contribution in [0.1, 0.15) is 11.1 Å². The van der Waals surface area contributed by atoms with Gasteiger partial charge in [0.1, 0.15) is 11.6 Å². The molecule has 106 valence electrons. The summed E-state index contributed by atoms with van der Waals surface area (Å²) < 4.78 is 27.0. The first-order valence-electron chi connectivity index (χ1n) is 6.10. The second kappa shape index (κ2) is 6.53. The zero-order valence-corrected chi connectivity index (χ0v) is 12.1. The molecular formula is C15H13Cl2F2N. The standard InChI is InChI=1S/C15H13Cl2F2N/c16-12-4-2-5-13(18)11(12)8-10(20)7-9-3-1-6-14(19)15(9)17/h1-6,10H,7-8,20H2. The summed E-state index contributed by atoms with van der Waals surface area (Å²) in [6.45, 7) is 0. The van der Waals surface area contributed by atoms with E-state index in [1.165, 1.54) is 18.2 Å². The Labute approximate surface area is 126 Å². The highest BCUT2D eigenvalue weighted by atomic mass is 35.5. The number of nitrogens with two attached hydrogens (primary N) is 1. The van der Waals surface area contributed by atoms with Gasteiger partial charge in [-0.3, -0.25) is 0 Å². The van der Waals surface area contributed by atoms with Crippen LogP contribution in [-0.2, 0) is 12.8 Å². The van der Waals surface area contributed by atoms with E-state index in [1.54, 1.807) is 18.2 Å². The van der Waals surface area contributed by atoms with Gasteiger partial charge < -0.3 is 5.73 Å². The van der Waals surface area contributed by atoms with Crippen LogP contribution >= 0.6 is 23.2 Å². The van der Waals surface area contributed by atoms with Crippen molar-refractivity contribution in [1.82, 2.24) is 0 Å². The van der Waals surface area contributed by atoms with Crippen LogP contribution in [-0.4, -0.2) is 6.04 Å². The number of halogens is 4. The molecule has 0 fully saturated rings. The second-order valence-electron chi connectivity index (χ2n) is 4.58. The molecule has 0 bridgehead atoms. The van der Waals surface area contributed by atoms with Gasteiger partial charge in [-0.2, -0.15) is 0 Å². The molecule has 1 unspecified atom stereocenters. The van der Waals surface area contributed by atoms with Crippen molar-refractivity contribution in [1.29, 1.82) is 0 Å². The highest BCUT2D eigenvalue weighted by Gasteiger charge is 2.14. The van der Waals surface area contributed by atoms with Gasteiger partial charge in [0.05, 0.1) is 5.02 Å². The van der Waals surface area contributed by atoms with Gasteiger partial charge in [0.15, 0.2) is 0 Å². The Hall–Kier alpha value is -1.16. The maximum atomic E-state index is 13.7. The van der Waals surface area contributed by atoms with E-state index < -0.39 is 17.7 Å². The van der Waals surface area contributed by atoms with Crippen molar-refractivity contribution in [2.75, 3.05) is 0 Å². The first kappa shape index (κ1) is 15.2. The van der Waals surface area contributed by atoms with Crippen molar-refractivity contribution < 1.29 is 8.78 Å². The Kier molecular flexibility index (Phi) is 4.97. The minimum absolute atomic E-state index is 0.0579. The van der Waals surface area contributed by atoms with Crippen molar-refractivity contribution in [3.63, 3.8) is 0 Å². The maximum Gasteiger partial charge on any atom is 0.142 e. The van der Waals surface area contributed by atoms with Gasteiger partial charge in [-0.1, -0.05) is 41.4 Å². The predicted molar refractivity (Wildman–Crippen MR) is 78.2 cm³/mol. The van der Waals surface area contributed by atoms with E-state index in [-0.39, 0.29) is 11.4 Å². The highest BCUT2D eigenvalue weighted by molar-refractivity contribution is 6.31. The monoisotopic (exact) mass is 315 g/mol. The minimum Gasteiger partial charge on any atom is -0.327 e. The molecule has 0 amide bonds. The Bertz CT molecular complexity index is 597. The predicted octanol–water partition coefficient (Wildman–Crippen LogP) is 4.38. The Balaban J connectivity index is 2.13. The van der Waals surface area contributed by atoms with E-state index in [4.69, 9.17) is 28.9 Å².